The third kappa shape index (κ3) is 4.33. The first kappa shape index (κ1) is 21.9. The SMILES string of the molecule is COc1ccc(CN2C(=O)Cc3c(C)nc([C@@H]4CCCN(C(=O)C5CCCC5)C4)nc32)cc1. The maximum Gasteiger partial charge on any atom is 0.233 e. The molecule has 7 nitrogen and oxygen atoms in total. The van der Waals surface area contributed by atoms with Gasteiger partial charge in [0, 0.05) is 36.2 Å². The summed E-state index contributed by atoms with van der Waals surface area (Å²) >= 11 is 0. The van der Waals surface area contributed by atoms with Crippen LogP contribution in [0, 0.1) is 12.8 Å². The molecule has 2 aliphatic heterocycles. The minimum atomic E-state index is 0.0528. The van der Waals surface area contributed by atoms with Crippen LogP contribution in [-0.2, 0) is 22.6 Å². The summed E-state index contributed by atoms with van der Waals surface area (Å²) in [7, 11) is 1.64. The predicted octanol–water partition coefficient (Wildman–Crippen LogP) is 3.78. The molecule has 3 aliphatic rings. The summed E-state index contributed by atoms with van der Waals surface area (Å²) in [6.45, 7) is 3.96. The van der Waals surface area contributed by atoms with Gasteiger partial charge in [-0.1, -0.05) is 25.0 Å². The highest BCUT2D eigenvalue weighted by molar-refractivity contribution is 6.00. The van der Waals surface area contributed by atoms with Crippen LogP contribution < -0.4 is 9.64 Å². The lowest BCUT2D eigenvalue weighted by atomic mass is 9.95. The second kappa shape index (κ2) is 9.12. The number of carbonyl (C=O) groups excluding carboxylic acids is 2. The predicted molar refractivity (Wildman–Crippen MR) is 125 cm³/mol. The highest BCUT2D eigenvalue weighted by atomic mass is 16.5. The molecule has 2 amide bonds. The van der Waals surface area contributed by atoms with Crippen molar-refractivity contribution in [1.29, 1.82) is 0 Å². The molecule has 1 aliphatic carbocycles. The van der Waals surface area contributed by atoms with Crippen molar-refractivity contribution in [2.75, 3.05) is 25.1 Å². The summed E-state index contributed by atoms with van der Waals surface area (Å²) in [6.07, 6.45) is 6.66. The van der Waals surface area contributed by atoms with Crippen molar-refractivity contribution in [3.05, 3.63) is 46.9 Å². The Morgan fingerprint density at radius 3 is 2.58 bits per heavy atom. The number of fused-ring (bicyclic) bond motifs is 1. The minimum Gasteiger partial charge on any atom is -0.497 e. The van der Waals surface area contributed by atoms with Gasteiger partial charge in [-0.2, -0.15) is 0 Å². The fraction of sp³-hybridized carbons (Fsp3) is 0.538. The van der Waals surface area contributed by atoms with Gasteiger partial charge in [0.1, 0.15) is 17.4 Å². The molecule has 174 valence electrons. The van der Waals surface area contributed by atoms with Crippen LogP contribution in [0.4, 0.5) is 5.82 Å². The molecule has 0 radical (unpaired) electrons. The normalized spacial score (nSPS) is 20.9. The summed E-state index contributed by atoms with van der Waals surface area (Å²) in [5.41, 5.74) is 2.83. The summed E-state index contributed by atoms with van der Waals surface area (Å²) in [5, 5.41) is 0. The van der Waals surface area contributed by atoms with E-state index < -0.39 is 0 Å². The Hall–Kier alpha value is -2.96. The lowest BCUT2D eigenvalue weighted by Crippen LogP contribution is -2.42. The molecule has 5 rings (SSSR count). The Bertz CT molecular complexity index is 1050. The third-order valence-corrected chi connectivity index (χ3v) is 7.40. The van der Waals surface area contributed by atoms with E-state index in [9.17, 15) is 9.59 Å². The van der Waals surface area contributed by atoms with Crippen molar-refractivity contribution in [3.63, 3.8) is 0 Å². The number of piperidine rings is 1. The molecule has 1 aromatic carbocycles. The van der Waals surface area contributed by atoms with Gasteiger partial charge in [0.2, 0.25) is 11.8 Å². The molecular weight excluding hydrogens is 416 g/mol. The molecule has 0 bridgehead atoms. The summed E-state index contributed by atoms with van der Waals surface area (Å²) in [5.74, 6) is 2.97. The Morgan fingerprint density at radius 2 is 1.85 bits per heavy atom. The van der Waals surface area contributed by atoms with E-state index in [1.807, 2.05) is 36.1 Å². The van der Waals surface area contributed by atoms with Crippen LogP contribution in [-0.4, -0.2) is 46.9 Å². The summed E-state index contributed by atoms with van der Waals surface area (Å²) in [6, 6.07) is 7.77. The zero-order valence-electron chi connectivity index (χ0n) is 19.5. The molecule has 0 spiro atoms. The van der Waals surface area contributed by atoms with Crippen LogP contribution in [0.2, 0.25) is 0 Å². The zero-order chi connectivity index (χ0) is 22.9. The Labute approximate surface area is 195 Å². The standard InChI is InChI=1S/C26H32N4O3/c1-17-22-14-23(31)30(15-18-9-11-21(33-2)12-10-18)25(22)28-24(27-17)20-8-5-13-29(16-20)26(32)19-6-3-4-7-19/h9-12,19-20H,3-8,13-16H2,1-2H3/t20-/m1/s1. The van der Waals surface area contributed by atoms with Gasteiger partial charge in [-0.15, -0.1) is 0 Å². The Kier molecular flexibility index (Phi) is 6.04. The maximum absolute atomic E-state index is 13.0. The van der Waals surface area contributed by atoms with Crippen LogP contribution in [0.1, 0.15) is 67.1 Å². The smallest absolute Gasteiger partial charge is 0.233 e. The molecule has 33 heavy (non-hydrogen) atoms. The first-order chi connectivity index (χ1) is 16.0. The van der Waals surface area contributed by atoms with Gasteiger partial charge in [0.05, 0.1) is 20.1 Å². The van der Waals surface area contributed by atoms with E-state index >= 15 is 0 Å². The molecule has 2 fully saturated rings. The number of carbonyl (C=O) groups is 2. The number of aromatic nitrogens is 2. The van der Waals surface area contributed by atoms with Crippen molar-refractivity contribution in [2.45, 2.75) is 64.3 Å². The van der Waals surface area contributed by atoms with Crippen molar-refractivity contribution in [2.24, 2.45) is 5.92 Å². The average Bonchev–Trinajstić information content (AvgIpc) is 3.48. The van der Waals surface area contributed by atoms with Gasteiger partial charge < -0.3 is 9.64 Å². The molecule has 2 aromatic rings. The number of ether oxygens (including phenoxy) is 1. The van der Waals surface area contributed by atoms with E-state index in [0.29, 0.717) is 25.4 Å². The molecule has 0 N–H and O–H groups in total. The number of hydrogen-bond acceptors (Lipinski definition) is 5. The van der Waals surface area contributed by atoms with E-state index in [1.165, 1.54) is 12.8 Å². The number of likely N-dealkylation sites (tertiary alicyclic amines) is 1. The van der Waals surface area contributed by atoms with Crippen molar-refractivity contribution >= 4 is 17.6 Å². The fourth-order valence-corrected chi connectivity index (χ4v) is 5.48. The van der Waals surface area contributed by atoms with E-state index in [4.69, 9.17) is 14.7 Å². The number of nitrogens with zero attached hydrogens (tertiary/aromatic N) is 4. The Balaban J connectivity index is 1.37. The Morgan fingerprint density at radius 1 is 1.09 bits per heavy atom. The van der Waals surface area contributed by atoms with Crippen LogP contribution in [0.3, 0.4) is 0 Å². The van der Waals surface area contributed by atoms with Gasteiger partial charge in [0.25, 0.3) is 0 Å². The zero-order valence-corrected chi connectivity index (χ0v) is 19.5. The highest BCUT2D eigenvalue weighted by Crippen LogP contribution is 2.35. The number of methoxy groups -OCH3 is 1. The first-order valence-electron chi connectivity index (χ1n) is 12.1. The lowest BCUT2D eigenvalue weighted by molar-refractivity contribution is -0.136. The highest BCUT2D eigenvalue weighted by Gasteiger charge is 2.35. The number of amides is 2. The molecule has 1 aromatic heterocycles. The molecular formula is C26H32N4O3. The van der Waals surface area contributed by atoms with Crippen LogP contribution in [0.25, 0.3) is 0 Å². The average molecular weight is 449 g/mol. The number of rotatable bonds is 5. The monoisotopic (exact) mass is 448 g/mol. The van der Waals surface area contributed by atoms with Gasteiger partial charge in [-0.3, -0.25) is 14.5 Å². The molecule has 1 atom stereocenters. The number of benzene rings is 1. The maximum atomic E-state index is 13.0. The first-order valence-corrected chi connectivity index (χ1v) is 12.1. The third-order valence-electron chi connectivity index (χ3n) is 7.40. The summed E-state index contributed by atoms with van der Waals surface area (Å²) < 4.78 is 5.24. The van der Waals surface area contributed by atoms with Gasteiger partial charge in [-0.05, 0) is 50.3 Å². The van der Waals surface area contributed by atoms with Crippen molar-refractivity contribution < 1.29 is 14.3 Å². The van der Waals surface area contributed by atoms with E-state index in [2.05, 4.69) is 0 Å². The van der Waals surface area contributed by atoms with Crippen molar-refractivity contribution in [1.82, 2.24) is 14.9 Å². The largest absolute Gasteiger partial charge is 0.497 e. The quantitative estimate of drug-likeness (QED) is 0.696. The number of hydrogen-bond donors (Lipinski definition) is 0. The molecule has 1 saturated carbocycles. The van der Waals surface area contributed by atoms with Crippen LogP contribution in [0.5, 0.6) is 5.75 Å². The molecule has 0 unspecified atom stereocenters. The fourth-order valence-electron chi connectivity index (χ4n) is 5.48. The second-order valence-electron chi connectivity index (χ2n) is 9.58. The van der Waals surface area contributed by atoms with Crippen LogP contribution in [0.15, 0.2) is 24.3 Å². The van der Waals surface area contributed by atoms with Crippen molar-refractivity contribution in [3.8, 4) is 5.75 Å². The molecule has 7 heteroatoms. The van der Waals surface area contributed by atoms with Crippen LogP contribution >= 0.6 is 0 Å². The van der Waals surface area contributed by atoms with Gasteiger partial charge in [0.15, 0.2) is 0 Å². The number of aryl methyl sites for hydroxylation is 1. The minimum absolute atomic E-state index is 0.0528. The van der Waals surface area contributed by atoms with E-state index in [0.717, 1.165) is 66.4 Å². The van der Waals surface area contributed by atoms with E-state index in [1.54, 1.807) is 12.0 Å². The molecule has 3 heterocycles. The molecule has 1 saturated heterocycles. The van der Waals surface area contributed by atoms with Gasteiger partial charge in [-0.25, -0.2) is 9.97 Å². The van der Waals surface area contributed by atoms with Gasteiger partial charge >= 0.3 is 0 Å². The number of anilines is 1. The second-order valence-corrected chi connectivity index (χ2v) is 9.58. The lowest BCUT2D eigenvalue weighted by Gasteiger charge is -2.34. The summed E-state index contributed by atoms with van der Waals surface area (Å²) in [4.78, 5) is 39.4. The topological polar surface area (TPSA) is 75.6 Å². The van der Waals surface area contributed by atoms with E-state index in [-0.39, 0.29) is 17.7 Å².